The summed E-state index contributed by atoms with van der Waals surface area (Å²) in [6, 6.07) is 6.09. The number of piperazine rings is 1. The minimum Gasteiger partial charge on any atom is -0.353 e. The second-order valence-corrected chi connectivity index (χ2v) is 7.55. The molecule has 0 bridgehead atoms. The molecule has 0 atom stereocenters. The fourth-order valence-corrected chi connectivity index (χ4v) is 3.61. The van der Waals surface area contributed by atoms with Gasteiger partial charge in [-0.3, -0.25) is 9.59 Å². The molecule has 1 aromatic rings. The van der Waals surface area contributed by atoms with Crippen LogP contribution < -0.4 is 10.2 Å². The van der Waals surface area contributed by atoms with Gasteiger partial charge in [0.1, 0.15) is 11.2 Å². The Hall–Kier alpha value is -2.11. The van der Waals surface area contributed by atoms with Crippen LogP contribution in [0.15, 0.2) is 24.4 Å². The second kappa shape index (κ2) is 7.42. The molecule has 3 rings (SSSR count). The molecule has 0 unspecified atom stereocenters. The molecule has 1 aliphatic heterocycles. The topological polar surface area (TPSA) is 65.5 Å². The summed E-state index contributed by atoms with van der Waals surface area (Å²) in [4.78, 5) is 33.9. The average Bonchev–Trinajstić information content (AvgIpc) is 3.15. The first-order valence-corrected chi connectivity index (χ1v) is 9.25. The molecule has 2 aliphatic rings. The minimum atomic E-state index is -1.02. The number of rotatable bonds is 4. The molecule has 2 amide bonds. The van der Waals surface area contributed by atoms with E-state index in [0.717, 1.165) is 44.6 Å². The zero-order chi connectivity index (χ0) is 17.9. The van der Waals surface area contributed by atoms with Gasteiger partial charge in [-0.2, -0.15) is 0 Å². The Bertz CT molecular complexity index is 603. The van der Waals surface area contributed by atoms with E-state index in [1.807, 2.05) is 23.1 Å². The normalized spacial score (nSPS) is 19.1. The lowest BCUT2D eigenvalue weighted by molar-refractivity contribution is -0.149. The van der Waals surface area contributed by atoms with Crippen LogP contribution in [0.25, 0.3) is 0 Å². The van der Waals surface area contributed by atoms with Crippen LogP contribution in [-0.2, 0) is 9.59 Å². The van der Waals surface area contributed by atoms with Crippen molar-refractivity contribution in [3.05, 3.63) is 24.4 Å². The maximum atomic E-state index is 12.9. The van der Waals surface area contributed by atoms with E-state index in [1.54, 1.807) is 20.0 Å². The van der Waals surface area contributed by atoms with Crippen molar-refractivity contribution in [3.8, 4) is 0 Å². The number of anilines is 1. The van der Waals surface area contributed by atoms with Crippen LogP contribution in [0.4, 0.5) is 5.82 Å². The van der Waals surface area contributed by atoms with Crippen LogP contribution in [0.2, 0.25) is 0 Å². The molecule has 25 heavy (non-hydrogen) atoms. The Kier molecular flexibility index (Phi) is 5.25. The molecule has 0 aromatic carbocycles. The van der Waals surface area contributed by atoms with Gasteiger partial charge in [-0.25, -0.2) is 4.98 Å². The van der Waals surface area contributed by atoms with Crippen LogP contribution in [0.5, 0.6) is 0 Å². The number of hydrogen-bond acceptors (Lipinski definition) is 4. The highest BCUT2D eigenvalue weighted by atomic mass is 16.2. The summed E-state index contributed by atoms with van der Waals surface area (Å²) in [6.45, 7) is 6.20. The van der Waals surface area contributed by atoms with E-state index < -0.39 is 5.41 Å². The zero-order valence-electron chi connectivity index (χ0n) is 15.2. The van der Waals surface area contributed by atoms with Crippen LogP contribution in [0, 0.1) is 5.41 Å². The van der Waals surface area contributed by atoms with Gasteiger partial charge in [0.2, 0.25) is 11.8 Å². The summed E-state index contributed by atoms with van der Waals surface area (Å²) < 4.78 is 0. The number of carbonyl (C=O) groups excluding carboxylic acids is 2. The van der Waals surface area contributed by atoms with E-state index in [4.69, 9.17) is 0 Å². The third kappa shape index (κ3) is 3.94. The van der Waals surface area contributed by atoms with E-state index >= 15 is 0 Å². The van der Waals surface area contributed by atoms with Crippen molar-refractivity contribution >= 4 is 17.6 Å². The van der Waals surface area contributed by atoms with Gasteiger partial charge in [-0.05, 0) is 38.8 Å². The number of amides is 2. The van der Waals surface area contributed by atoms with Gasteiger partial charge in [-0.1, -0.05) is 18.9 Å². The molecule has 136 valence electrons. The van der Waals surface area contributed by atoms with Gasteiger partial charge in [0.15, 0.2) is 0 Å². The smallest absolute Gasteiger partial charge is 0.237 e. The van der Waals surface area contributed by atoms with Gasteiger partial charge in [-0.15, -0.1) is 0 Å². The predicted molar refractivity (Wildman–Crippen MR) is 97.2 cm³/mol. The van der Waals surface area contributed by atoms with E-state index in [1.165, 1.54) is 0 Å². The van der Waals surface area contributed by atoms with Crippen LogP contribution in [0.1, 0.15) is 39.5 Å². The third-order valence-corrected chi connectivity index (χ3v) is 5.33. The quantitative estimate of drug-likeness (QED) is 0.846. The van der Waals surface area contributed by atoms with E-state index in [2.05, 4.69) is 15.2 Å². The first-order chi connectivity index (χ1) is 12.0. The summed E-state index contributed by atoms with van der Waals surface area (Å²) in [6.07, 6.45) is 6.16. The predicted octanol–water partition coefficient (Wildman–Crippen LogP) is 1.82. The molecule has 6 heteroatoms. The number of hydrogen-bond donors (Lipinski definition) is 1. The van der Waals surface area contributed by atoms with Crippen LogP contribution in [-0.4, -0.2) is 53.9 Å². The summed E-state index contributed by atoms with van der Waals surface area (Å²) in [5.41, 5.74) is -1.02. The lowest BCUT2D eigenvalue weighted by Gasteiger charge is -2.38. The van der Waals surface area contributed by atoms with E-state index in [9.17, 15) is 9.59 Å². The number of carbonyl (C=O) groups is 2. The van der Waals surface area contributed by atoms with Crippen molar-refractivity contribution in [2.24, 2.45) is 5.41 Å². The molecule has 1 N–H and O–H groups in total. The maximum absolute atomic E-state index is 12.9. The Morgan fingerprint density at radius 2 is 1.80 bits per heavy atom. The molecule has 2 heterocycles. The molecule has 1 aliphatic carbocycles. The summed E-state index contributed by atoms with van der Waals surface area (Å²) >= 11 is 0. The molecule has 6 nitrogen and oxygen atoms in total. The maximum Gasteiger partial charge on any atom is 0.237 e. The van der Waals surface area contributed by atoms with Crippen molar-refractivity contribution in [3.63, 3.8) is 0 Å². The second-order valence-electron chi connectivity index (χ2n) is 7.55. The molecule has 1 saturated heterocycles. The Balaban J connectivity index is 1.56. The van der Waals surface area contributed by atoms with Crippen molar-refractivity contribution in [1.82, 2.24) is 15.2 Å². The molecule has 1 saturated carbocycles. The fourth-order valence-electron chi connectivity index (χ4n) is 3.61. The lowest BCUT2D eigenvalue weighted by atomic mass is 9.89. The van der Waals surface area contributed by atoms with Gasteiger partial charge in [0.05, 0.1) is 0 Å². The highest BCUT2D eigenvalue weighted by molar-refractivity contribution is 6.04. The fraction of sp³-hybridized carbons (Fsp3) is 0.632. The molecule has 0 radical (unpaired) electrons. The SMILES string of the molecule is CC(C)(C(=O)NC1CCCC1)C(=O)N1CCN(c2ccccn2)CC1. The highest BCUT2D eigenvalue weighted by Crippen LogP contribution is 2.24. The van der Waals surface area contributed by atoms with Crippen molar-refractivity contribution in [2.75, 3.05) is 31.1 Å². The van der Waals surface area contributed by atoms with Crippen LogP contribution >= 0.6 is 0 Å². The standard InChI is InChI=1S/C19H28N4O2/c1-19(2,17(24)21-15-7-3-4-8-15)18(25)23-13-11-22(12-14-23)16-9-5-6-10-20-16/h5-6,9-10,15H,3-4,7-8,11-14H2,1-2H3,(H,21,24). The van der Waals surface area contributed by atoms with Gasteiger partial charge in [0, 0.05) is 38.4 Å². The summed E-state index contributed by atoms with van der Waals surface area (Å²) in [7, 11) is 0. The molecular formula is C19H28N4O2. The highest BCUT2D eigenvalue weighted by Gasteiger charge is 2.41. The largest absolute Gasteiger partial charge is 0.353 e. The number of nitrogens with one attached hydrogen (secondary N) is 1. The summed E-state index contributed by atoms with van der Waals surface area (Å²) in [5.74, 6) is 0.716. The van der Waals surface area contributed by atoms with Gasteiger partial charge in [0.25, 0.3) is 0 Å². The van der Waals surface area contributed by atoms with E-state index in [-0.39, 0.29) is 17.9 Å². The average molecular weight is 344 g/mol. The van der Waals surface area contributed by atoms with E-state index in [0.29, 0.717) is 13.1 Å². The monoisotopic (exact) mass is 344 g/mol. The van der Waals surface area contributed by atoms with Gasteiger partial charge < -0.3 is 15.1 Å². The van der Waals surface area contributed by atoms with Gasteiger partial charge >= 0.3 is 0 Å². The number of nitrogens with zero attached hydrogens (tertiary/aromatic N) is 3. The number of aromatic nitrogens is 1. The number of pyridine rings is 1. The first-order valence-electron chi connectivity index (χ1n) is 9.25. The molecule has 0 spiro atoms. The minimum absolute atomic E-state index is 0.0799. The first kappa shape index (κ1) is 17.7. The van der Waals surface area contributed by atoms with Crippen molar-refractivity contribution < 1.29 is 9.59 Å². The van der Waals surface area contributed by atoms with Crippen molar-refractivity contribution in [2.45, 2.75) is 45.6 Å². The third-order valence-electron chi connectivity index (χ3n) is 5.33. The molecule has 2 fully saturated rings. The summed E-state index contributed by atoms with van der Waals surface area (Å²) in [5, 5.41) is 3.07. The Labute approximate surface area is 149 Å². The lowest BCUT2D eigenvalue weighted by Crippen LogP contribution is -2.56. The van der Waals surface area contributed by atoms with Crippen LogP contribution in [0.3, 0.4) is 0 Å². The zero-order valence-corrected chi connectivity index (χ0v) is 15.2. The van der Waals surface area contributed by atoms with Crippen molar-refractivity contribution in [1.29, 1.82) is 0 Å². The molecular weight excluding hydrogens is 316 g/mol. The Morgan fingerprint density at radius 1 is 1.12 bits per heavy atom. The molecule has 1 aromatic heterocycles. The Morgan fingerprint density at radius 3 is 2.40 bits per heavy atom.